The molecule has 0 bridgehead atoms. The highest BCUT2D eigenvalue weighted by Gasteiger charge is 2.17. The van der Waals surface area contributed by atoms with Crippen LogP contribution in [0.1, 0.15) is 20.7 Å². The molecule has 0 saturated carbocycles. The summed E-state index contributed by atoms with van der Waals surface area (Å²) in [7, 11) is 0. The molecule has 0 atom stereocenters. The minimum absolute atomic E-state index is 0. The van der Waals surface area contributed by atoms with Gasteiger partial charge in [0.25, 0.3) is 0 Å². The maximum atomic E-state index is 11.9. The molecule has 0 saturated heterocycles. The van der Waals surface area contributed by atoms with Gasteiger partial charge in [-0.1, -0.05) is 30.3 Å². The summed E-state index contributed by atoms with van der Waals surface area (Å²) in [5, 5.41) is 8.97. The lowest BCUT2D eigenvalue weighted by Gasteiger charge is -2.06. The molecule has 0 aliphatic carbocycles. The zero-order valence-corrected chi connectivity index (χ0v) is 10.6. The Morgan fingerprint density at radius 2 is 1.37 bits per heavy atom. The number of carbonyl (C=O) groups is 2. The average Bonchev–Trinajstić information content (AvgIpc) is 2.40. The van der Waals surface area contributed by atoms with Gasteiger partial charge in [0.2, 0.25) is 0 Å². The van der Waals surface area contributed by atoms with Crippen molar-refractivity contribution in [3.05, 3.63) is 65.7 Å². The fraction of sp³-hybridized carbons (Fsp3) is 0. The first-order valence-corrected chi connectivity index (χ1v) is 5.28. The fourth-order valence-corrected chi connectivity index (χ4v) is 1.50. The molecule has 0 unspecified atom stereocenters. The van der Waals surface area contributed by atoms with Crippen molar-refractivity contribution < 1.29 is 19.4 Å². The number of carboxylic acid groups (broad SMARTS) is 1. The van der Waals surface area contributed by atoms with Gasteiger partial charge < -0.3 is 9.84 Å². The molecule has 0 fully saturated rings. The summed E-state index contributed by atoms with van der Waals surface area (Å²) in [5.41, 5.74) is -0.0349. The predicted molar refractivity (Wildman–Crippen MR) is 72.0 cm³/mol. The lowest BCUT2D eigenvalue weighted by atomic mass is 10.1. The molecule has 0 aromatic heterocycles. The van der Waals surface area contributed by atoms with Crippen LogP contribution in [-0.2, 0) is 0 Å². The van der Waals surface area contributed by atoms with Crippen molar-refractivity contribution in [2.75, 3.05) is 0 Å². The molecule has 0 spiro atoms. The van der Waals surface area contributed by atoms with Gasteiger partial charge in [-0.05, 0) is 24.3 Å². The molecule has 98 valence electrons. The summed E-state index contributed by atoms with van der Waals surface area (Å²) >= 11 is 0. The van der Waals surface area contributed by atoms with Gasteiger partial charge in [-0.3, -0.25) is 0 Å². The molecule has 19 heavy (non-hydrogen) atoms. The van der Waals surface area contributed by atoms with Gasteiger partial charge in [0.05, 0.1) is 11.1 Å². The smallest absolute Gasteiger partial charge is 0.344 e. The molecule has 0 radical (unpaired) electrons. The summed E-state index contributed by atoms with van der Waals surface area (Å²) < 4.78 is 5.09. The standard InChI is InChI=1S/C14H10O4.ClH/c15-13(16)11-8-4-5-9-12(11)14(17)18-10-6-2-1-3-7-10;/h1-9H,(H,15,16);1H. The van der Waals surface area contributed by atoms with Gasteiger partial charge in [0.15, 0.2) is 0 Å². The number of carbonyl (C=O) groups excluding carboxylic acids is 1. The van der Waals surface area contributed by atoms with Crippen LogP contribution in [0.15, 0.2) is 54.6 Å². The van der Waals surface area contributed by atoms with Crippen LogP contribution >= 0.6 is 12.4 Å². The Morgan fingerprint density at radius 3 is 1.95 bits per heavy atom. The van der Waals surface area contributed by atoms with E-state index < -0.39 is 11.9 Å². The third-order valence-corrected chi connectivity index (χ3v) is 2.33. The van der Waals surface area contributed by atoms with Crippen LogP contribution in [0.2, 0.25) is 0 Å². The SMILES string of the molecule is Cl.O=C(O)c1ccccc1C(=O)Oc1ccccc1. The van der Waals surface area contributed by atoms with Crippen molar-refractivity contribution in [2.24, 2.45) is 0 Å². The van der Waals surface area contributed by atoms with Crippen molar-refractivity contribution in [3.8, 4) is 5.75 Å². The highest BCUT2D eigenvalue weighted by Crippen LogP contribution is 2.14. The van der Waals surface area contributed by atoms with Crippen molar-refractivity contribution in [1.29, 1.82) is 0 Å². The Labute approximate surface area is 116 Å². The van der Waals surface area contributed by atoms with Crippen LogP contribution in [0.5, 0.6) is 5.75 Å². The first kappa shape index (κ1) is 14.7. The normalized spacial score (nSPS) is 9.26. The molecule has 0 heterocycles. The highest BCUT2D eigenvalue weighted by molar-refractivity contribution is 6.03. The Morgan fingerprint density at radius 1 is 0.842 bits per heavy atom. The maximum Gasteiger partial charge on any atom is 0.344 e. The minimum atomic E-state index is -1.16. The average molecular weight is 279 g/mol. The van der Waals surface area contributed by atoms with Crippen LogP contribution in [0.4, 0.5) is 0 Å². The highest BCUT2D eigenvalue weighted by atomic mass is 35.5. The van der Waals surface area contributed by atoms with E-state index >= 15 is 0 Å². The van der Waals surface area contributed by atoms with E-state index in [-0.39, 0.29) is 23.5 Å². The first-order chi connectivity index (χ1) is 8.68. The van der Waals surface area contributed by atoms with Gasteiger partial charge in [0, 0.05) is 0 Å². The third-order valence-electron chi connectivity index (χ3n) is 2.33. The van der Waals surface area contributed by atoms with Crippen LogP contribution in [-0.4, -0.2) is 17.0 Å². The minimum Gasteiger partial charge on any atom is -0.478 e. The summed E-state index contributed by atoms with van der Waals surface area (Å²) in [6.45, 7) is 0. The number of carboxylic acids is 1. The molecule has 0 aliphatic heterocycles. The third kappa shape index (κ3) is 3.56. The maximum absolute atomic E-state index is 11.9. The van der Waals surface area contributed by atoms with Crippen molar-refractivity contribution in [1.82, 2.24) is 0 Å². The van der Waals surface area contributed by atoms with Crippen LogP contribution in [0.3, 0.4) is 0 Å². The Balaban J connectivity index is 0.00000180. The zero-order chi connectivity index (χ0) is 13.0. The van der Waals surface area contributed by atoms with Crippen molar-refractivity contribution >= 4 is 24.3 Å². The number of rotatable bonds is 3. The van der Waals surface area contributed by atoms with E-state index in [9.17, 15) is 9.59 Å². The molecular weight excluding hydrogens is 268 g/mol. The zero-order valence-electron chi connectivity index (χ0n) is 9.78. The van der Waals surface area contributed by atoms with Gasteiger partial charge >= 0.3 is 11.9 Å². The Bertz CT molecular complexity index is 581. The van der Waals surface area contributed by atoms with E-state index in [1.54, 1.807) is 42.5 Å². The topological polar surface area (TPSA) is 63.6 Å². The number of ether oxygens (including phenoxy) is 1. The van der Waals surface area contributed by atoms with Gasteiger partial charge in [-0.2, -0.15) is 0 Å². The van der Waals surface area contributed by atoms with E-state index in [0.29, 0.717) is 5.75 Å². The fourth-order valence-electron chi connectivity index (χ4n) is 1.50. The molecule has 0 aliphatic rings. The van der Waals surface area contributed by atoms with E-state index in [2.05, 4.69) is 0 Å². The molecule has 2 aromatic rings. The van der Waals surface area contributed by atoms with Gasteiger partial charge in [-0.15, -0.1) is 12.4 Å². The molecule has 5 heteroatoms. The molecule has 2 rings (SSSR count). The summed E-state index contributed by atoms with van der Waals surface area (Å²) in [4.78, 5) is 22.8. The monoisotopic (exact) mass is 278 g/mol. The van der Waals surface area contributed by atoms with E-state index in [0.717, 1.165) is 0 Å². The van der Waals surface area contributed by atoms with Gasteiger partial charge in [0.1, 0.15) is 5.75 Å². The summed E-state index contributed by atoms with van der Waals surface area (Å²) in [6, 6.07) is 14.4. The first-order valence-electron chi connectivity index (χ1n) is 5.28. The number of halogens is 1. The van der Waals surface area contributed by atoms with Crippen LogP contribution < -0.4 is 4.74 Å². The lowest BCUT2D eigenvalue weighted by molar-refractivity contribution is 0.0668. The number of benzene rings is 2. The molecule has 2 aromatic carbocycles. The van der Waals surface area contributed by atoms with Crippen LogP contribution in [0.25, 0.3) is 0 Å². The van der Waals surface area contributed by atoms with E-state index in [1.165, 1.54) is 12.1 Å². The quantitative estimate of drug-likeness (QED) is 0.692. The van der Waals surface area contributed by atoms with Crippen LogP contribution in [0, 0.1) is 0 Å². The lowest BCUT2D eigenvalue weighted by Crippen LogP contribution is -2.13. The number of para-hydroxylation sites is 1. The van der Waals surface area contributed by atoms with Crippen molar-refractivity contribution in [2.45, 2.75) is 0 Å². The van der Waals surface area contributed by atoms with Crippen molar-refractivity contribution in [3.63, 3.8) is 0 Å². The Kier molecular flexibility index (Phi) is 5.09. The second kappa shape index (κ2) is 6.56. The largest absolute Gasteiger partial charge is 0.478 e. The number of hydrogen-bond donors (Lipinski definition) is 1. The van der Waals surface area contributed by atoms with Gasteiger partial charge in [-0.25, -0.2) is 9.59 Å². The predicted octanol–water partition coefficient (Wildman–Crippen LogP) is 3.03. The van der Waals surface area contributed by atoms with E-state index in [1.807, 2.05) is 0 Å². The second-order valence-electron chi connectivity index (χ2n) is 3.55. The molecule has 4 nitrogen and oxygen atoms in total. The number of esters is 1. The molecular formula is C14H11ClO4. The number of hydrogen-bond acceptors (Lipinski definition) is 3. The summed E-state index contributed by atoms with van der Waals surface area (Å²) in [6.07, 6.45) is 0. The molecule has 0 amide bonds. The van der Waals surface area contributed by atoms with E-state index in [4.69, 9.17) is 9.84 Å². The second-order valence-corrected chi connectivity index (χ2v) is 3.55. The molecule has 1 N–H and O–H groups in total. The summed E-state index contributed by atoms with van der Waals surface area (Å²) in [5.74, 6) is -1.46. The Hall–Kier alpha value is -2.33. The number of aromatic carboxylic acids is 1.